The Balaban J connectivity index is 1.65. The number of amides is 2. The van der Waals surface area contributed by atoms with E-state index in [0.717, 1.165) is 16.7 Å². The van der Waals surface area contributed by atoms with Gasteiger partial charge in [-0.3, -0.25) is 9.59 Å². The third-order valence-corrected chi connectivity index (χ3v) is 4.69. The van der Waals surface area contributed by atoms with Crippen molar-refractivity contribution in [3.8, 4) is 0 Å². The molecule has 0 aliphatic rings. The molecule has 0 aliphatic carbocycles. The van der Waals surface area contributed by atoms with E-state index in [9.17, 15) is 9.59 Å². The zero-order chi connectivity index (χ0) is 22.1. The number of nitrogens with one attached hydrogen (secondary N) is 2. The molecule has 0 fully saturated rings. The number of benzene rings is 2. The molecule has 0 saturated heterocycles. The summed E-state index contributed by atoms with van der Waals surface area (Å²) >= 11 is 0. The smallest absolute Gasteiger partial charge is 0.287 e. The second kappa shape index (κ2) is 11.1. The van der Waals surface area contributed by atoms with Crippen LogP contribution in [0.3, 0.4) is 0 Å². The highest BCUT2D eigenvalue weighted by Gasteiger charge is 2.23. The topological polar surface area (TPSA) is 80.6 Å². The van der Waals surface area contributed by atoms with Gasteiger partial charge in [0.2, 0.25) is 5.91 Å². The van der Waals surface area contributed by atoms with Crippen LogP contribution in [0.4, 0.5) is 0 Å². The summed E-state index contributed by atoms with van der Waals surface area (Å²) in [5, 5.41) is 5.72. The van der Waals surface area contributed by atoms with E-state index in [2.05, 4.69) is 10.6 Å². The number of furan rings is 1. The Labute approximate surface area is 182 Å². The highest BCUT2D eigenvalue weighted by Crippen LogP contribution is 2.09. The van der Waals surface area contributed by atoms with Gasteiger partial charge in [-0.15, -0.1) is 0 Å². The van der Waals surface area contributed by atoms with Gasteiger partial charge in [0.15, 0.2) is 5.76 Å². The first-order chi connectivity index (χ1) is 15.0. The molecule has 3 aromatic rings. The van der Waals surface area contributed by atoms with Crippen LogP contribution in [-0.4, -0.2) is 24.0 Å². The van der Waals surface area contributed by atoms with E-state index in [1.165, 1.54) is 6.26 Å². The molecular formula is C25H28N2O4. The molecule has 1 aromatic heterocycles. The lowest BCUT2D eigenvalue weighted by Crippen LogP contribution is -2.47. The zero-order valence-corrected chi connectivity index (χ0v) is 17.8. The number of carbonyl (C=O) groups excluding carboxylic acids is 2. The standard InChI is InChI=1S/C25H28N2O4/c1-18(2)31-17-21-11-6-10-20(14-21)16-26-24(28)22(15-19-8-4-3-5-9-19)27-25(29)23-12-7-13-30-23/h3-14,18,22H,15-17H2,1-2H3,(H,26,28)(H,27,29). The molecule has 6 heteroatoms. The van der Waals surface area contributed by atoms with Crippen molar-refractivity contribution in [2.45, 2.75) is 45.6 Å². The van der Waals surface area contributed by atoms with Crippen LogP contribution in [0.2, 0.25) is 0 Å². The Hall–Kier alpha value is -3.38. The number of rotatable bonds is 10. The minimum Gasteiger partial charge on any atom is -0.459 e. The van der Waals surface area contributed by atoms with Crippen molar-refractivity contribution in [3.63, 3.8) is 0 Å². The molecule has 1 unspecified atom stereocenters. The summed E-state index contributed by atoms with van der Waals surface area (Å²) in [6, 6.07) is 20.0. The van der Waals surface area contributed by atoms with E-state index in [1.54, 1.807) is 12.1 Å². The van der Waals surface area contributed by atoms with E-state index in [1.807, 2.05) is 68.4 Å². The average molecular weight is 421 g/mol. The number of hydrogen-bond acceptors (Lipinski definition) is 4. The van der Waals surface area contributed by atoms with Crippen LogP contribution < -0.4 is 10.6 Å². The quantitative estimate of drug-likeness (QED) is 0.522. The molecule has 2 aromatic carbocycles. The van der Waals surface area contributed by atoms with Crippen LogP contribution in [0, 0.1) is 0 Å². The molecule has 0 aliphatic heterocycles. The lowest BCUT2D eigenvalue weighted by Gasteiger charge is -2.18. The lowest BCUT2D eigenvalue weighted by molar-refractivity contribution is -0.123. The Morgan fingerprint density at radius 1 is 0.935 bits per heavy atom. The van der Waals surface area contributed by atoms with Gasteiger partial charge < -0.3 is 19.8 Å². The first kappa shape index (κ1) is 22.3. The molecule has 0 radical (unpaired) electrons. The molecule has 2 N–H and O–H groups in total. The molecule has 31 heavy (non-hydrogen) atoms. The Kier molecular flexibility index (Phi) is 8.01. The van der Waals surface area contributed by atoms with Crippen molar-refractivity contribution in [2.75, 3.05) is 0 Å². The summed E-state index contributed by atoms with van der Waals surface area (Å²) in [7, 11) is 0. The Bertz CT molecular complexity index is 968. The predicted octanol–water partition coefficient (Wildman–Crippen LogP) is 3.86. The average Bonchev–Trinajstić information content (AvgIpc) is 3.32. The zero-order valence-electron chi connectivity index (χ0n) is 17.8. The van der Waals surface area contributed by atoms with Crippen LogP contribution >= 0.6 is 0 Å². The fraction of sp³-hybridized carbons (Fsp3) is 0.280. The van der Waals surface area contributed by atoms with Crippen molar-refractivity contribution >= 4 is 11.8 Å². The van der Waals surface area contributed by atoms with Crippen molar-refractivity contribution in [1.82, 2.24) is 10.6 Å². The summed E-state index contributed by atoms with van der Waals surface area (Å²) < 4.78 is 10.8. The predicted molar refractivity (Wildman–Crippen MR) is 118 cm³/mol. The monoisotopic (exact) mass is 420 g/mol. The van der Waals surface area contributed by atoms with Crippen LogP contribution in [-0.2, 0) is 29.1 Å². The van der Waals surface area contributed by atoms with Gasteiger partial charge in [-0.2, -0.15) is 0 Å². The Morgan fingerprint density at radius 3 is 2.39 bits per heavy atom. The molecule has 6 nitrogen and oxygen atoms in total. The molecule has 1 atom stereocenters. The van der Waals surface area contributed by atoms with Gasteiger partial charge in [-0.1, -0.05) is 54.6 Å². The lowest BCUT2D eigenvalue weighted by atomic mass is 10.0. The molecule has 162 valence electrons. The first-order valence-corrected chi connectivity index (χ1v) is 10.4. The highest BCUT2D eigenvalue weighted by molar-refractivity contribution is 5.95. The molecule has 0 spiro atoms. The van der Waals surface area contributed by atoms with E-state index in [0.29, 0.717) is 19.6 Å². The van der Waals surface area contributed by atoms with Gasteiger partial charge in [0.1, 0.15) is 6.04 Å². The van der Waals surface area contributed by atoms with Crippen molar-refractivity contribution < 1.29 is 18.7 Å². The normalized spacial score (nSPS) is 11.8. The summed E-state index contributed by atoms with van der Waals surface area (Å²) in [6.07, 6.45) is 1.96. The van der Waals surface area contributed by atoms with E-state index < -0.39 is 11.9 Å². The van der Waals surface area contributed by atoms with Gasteiger partial charge in [-0.05, 0) is 42.7 Å². The van der Waals surface area contributed by atoms with E-state index in [-0.39, 0.29) is 17.8 Å². The maximum Gasteiger partial charge on any atom is 0.287 e. The maximum atomic E-state index is 12.9. The van der Waals surface area contributed by atoms with E-state index in [4.69, 9.17) is 9.15 Å². The van der Waals surface area contributed by atoms with Gasteiger partial charge in [-0.25, -0.2) is 0 Å². The first-order valence-electron chi connectivity index (χ1n) is 10.4. The number of carbonyl (C=O) groups is 2. The third kappa shape index (κ3) is 7.12. The summed E-state index contributed by atoms with van der Waals surface area (Å²) in [4.78, 5) is 25.4. The third-order valence-electron chi connectivity index (χ3n) is 4.69. The minimum absolute atomic E-state index is 0.153. The number of ether oxygens (including phenoxy) is 1. The van der Waals surface area contributed by atoms with Gasteiger partial charge in [0, 0.05) is 13.0 Å². The fourth-order valence-corrected chi connectivity index (χ4v) is 3.10. The second-order valence-electron chi connectivity index (χ2n) is 7.59. The molecular weight excluding hydrogens is 392 g/mol. The molecule has 1 heterocycles. The Morgan fingerprint density at radius 2 is 1.68 bits per heavy atom. The van der Waals surface area contributed by atoms with Crippen LogP contribution in [0.5, 0.6) is 0 Å². The SMILES string of the molecule is CC(C)OCc1cccc(CNC(=O)C(Cc2ccccc2)NC(=O)c2ccco2)c1. The highest BCUT2D eigenvalue weighted by atomic mass is 16.5. The summed E-state index contributed by atoms with van der Waals surface area (Å²) in [5.41, 5.74) is 2.97. The largest absolute Gasteiger partial charge is 0.459 e. The van der Waals surface area contributed by atoms with Crippen LogP contribution in [0.1, 0.15) is 41.1 Å². The van der Waals surface area contributed by atoms with Crippen molar-refractivity contribution in [1.29, 1.82) is 0 Å². The maximum absolute atomic E-state index is 12.9. The van der Waals surface area contributed by atoms with Gasteiger partial charge in [0.05, 0.1) is 19.0 Å². The van der Waals surface area contributed by atoms with Gasteiger partial charge in [0.25, 0.3) is 5.91 Å². The van der Waals surface area contributed by atoms with E-state index >= 15 is 0 Å². The van der Waals surface area contributed by atoms with Crippen molar-refractivity contribution in [3.05, 3.63) is 95.4 Å². The molecule has 3 rings (SSSR count). The molecule has 2 amide bonds. The van der Waals surface area contributed by atoms with Crippen LogP contribution in [0.15, 0.2) is 77.4 Å². The molecule has 0 bridgehead atoms. The van der Waals surface area contributed by atoms with Gasteiger partial charge >= 0.3 is 0 Å². The minimum atomic E-state index is -0.729. The summed E-state index contributed by atoms with van der Waals surface area (Å²) in [5.74, 6) is -0.509. The second-order valence-corrected chi connectivity index (χ2v) is 7.59. The number of hydrogen-bond donors (Lipinski definition) is 2. The summed E-state index contributed by atoms with van der Waals surface area (Å²) in [6.45, 7) is 4.87. The van der Waals surface area contributed by atoms with Crippen molar-refractivity contribution in [2.24, 2.45) is 0 Å². The molecule has 0 saturated carbocycles. The fourth-order valence-electron chi connectivity index (χ4n) is 3.10. The van der Waals surface area contributed by atoms with Crippen LogP contribution in [0.25, 0.3) is 0 Å².